The molecule has 4 heteroatoms. The number of benzene rings is 2. The first-order chi connectivity index (χ1) is 13.7. The molecule has 2 rings (SSSR count). The van der Waals surface area contributed by atoms with Gasteiger partial charge in [0.15, 0.2) is 0 Å². The molecule has 2 aromatic rings. The molecule has 2 aromatic carbocycles. The molecular formula is C26H36O4. The summed E-state index contributed by atoms with van der Waals surface area (Å²) in [5, 5.41) is 10.9. The van der Waals surface area contributed by atoms with Crippen LogP contribution in [0.25, 0.3) is 0 Å². The fourth-order valence-electron chi connectivity index (χ4n) is 3.33. The van der Waals surface area contributed by atoms with E-state index >= 15 is 0 Å². The van der Waals surface area contributed by atoms with Crippen LogP contribution in [-0.4, -0.2) is 18.2 Å². The molecule has 0 saturated carbocycles. The highest BCUT2D eigenvalue weighted by Crippen LogP contribution is 2.44. The van der Waals surface area contributed by atoms with Gasteiger partial charge in [-0.3, -0.25) is 4.79 Å². The summed E-state index contributed by atoms with van der Waals surface area (Å²) in [7, 11) is 1.64. The Bertz CT molecular complexity index is 848. The van der Waals surface area contributed by atoms with Gasteiger partial charge in [0.05, 0.1) is 18.6 Å². The van der Waals surface area contributed by atoms with Crippen molar-refractivity contribution in [1.29, 1.82) is 0 Å². The number of carbonyl (C=O) groups excluding carboxylic acids is 1. The molecule has 0 unspecified atom stereocenters. The van der Waals surface area contributed by atoms with Crippen LogP contribution >= 0.6 is 0 Å². The van der Waals surface area contributed by atoms with E-state index in [2.05, 4.69) is 41.5 Å². The topological polar surface area (TPSA) is 55.8 Å². The van der Waals surface area contributed by atoms with Crippen molar-refractivity contribution in [3.05, 3.63) is 59.2 Å². The molecule has 164 valence electrons. The molecule has 1 N–H and O–H groups in total. The maximum Gasteiger partial charge on any atom is 0.319 e. The van der Waals surface area contributed by atoms with Crippen LogP contribution in [-0.2, 0) is 15.6 Å². The van der Waals surface area contributed by atoms with Crippen LogP contribution in [0.3, 0.4) is 0 Å². The van der Waals surface area contributed by atoms with E-state index in [1.807, 2.05) is 42.5 Å². The summed E-state index contributed by atoms with van der Waals surface area (Å²) in [5.41, 5.74) is 0.793. The van der Waals surface area contributed by atoms with Gasteiger partial charge in [0.1, 0.15) is 11.5 Å². The third-order valence-corrected chi connectivity index (χ3v) is 5.43. The Kier molecular flexibility index (Phi) is 6.72. The van der Waals surface area contributed by atoms with Gasteiger partial charge in [0.2, 0.25) is 0 Å². The summed E-state index contributed by atoms with van der Waals surface area (Å²) in [4.78, 5) is 13.3. The SMILES string of the molecule is COc1cc(C(C)(C)C)c(OC(=O)C(C)(C)[C@H](O)c2ccccc2)c(C(C)(C)C)c1. The van der Waals surface area contributed by atoms with E-state index in [1.165, 1.54) is 0 Å². The maximum atomic E-state index is 13.3. The van der Waals surface area contributed by atoms with Crippen molar-refractivity contribution in [3.63, 3.8) is 0 Å². The predicted molar refractivity (Wildman–Crippen MR) is 121 cm³/mol. The Morgan fingerprint density at radius 1 is 0.867 bits per heavy atom. The second-order valence-corrected chi connectivity index (χ2v) is 10.5. The molecule has 0 radical (unpaired) electrons. The monoisotopic (exact) mass is 412 g/mol. The Balaban J connectivity index is 2.56. The molecule has 0 spiro atoms. The molecule has 0 bridgehead atoms. The second-order valence-electron chi connectivity index (χ2n) is 10.5. The van der Waals surface area contributed by atoms with E-state index in [9.17, 15) is 9.90 Å². The molecule has 1 atom stereocenters. The summed E-state index contributed by atoms with van der Waals surface area (Å²) in [6.45, 7) is 15.9. The molecule has 0 heterocycles. The Morgan fingerprint density at radius 2 is 1.33 bits per heavy atom. The molecule has 0 aliphatic carbocycles. The molecule has 0 aliphatic rings. The van der Waals surface area contributed by atoms with Crippen LogP contribution < -0.4 is 9.47 Å². The van der Waals surface area contributed by atoms with Gasteiger partial charge in [-0.1, -0.05) is 71.9 Å². The van der Waals surface area contributed by atoms with Crippen molar-refractivity contribution in [2.75, 3.05) is 7.11 Å². The number of hydrogen-bond donors (Lipinski definition) is 1. The average molecular weight is 413 g/mol. The van der Waals surface area contributed by atoms with E-state index < -0.39 is 17.5 Å². The lowest BCUT2D eigenvalue weighted by Gasteiger charge is -2.33. The molecule has 0 aliphatic heterocycles. The first-order valence-electron chi connectivity index (χ1n) is 10.4. The van der Waals surface area contributed by atoms with Crippen molar-refractivity contribution >= 4 is 5.97 Å². The second kappa shape index (κ2) is 8.43. The Hall–Kier alpha value is -2.33. The summed E-state index contributed by atoms with van der Waals surface area (Å²) in [6, 6.07) is 13.1. The predicted octanol–water partition coefficient (Wildman–Crippen LogP) is 5.96. The molecule has 0 aromatic heterocycles. The summed E-state index contributed by atoms with van der Waals surface area (Å²) < 4.78 is 11.6. The van der Waals surface area contributed by atoms with Gasteiger partial charge < -0.3 is 14.6 Å². The summed E-state index contributed by atoms with van der Waals surface area (Å²) >= 11 is 0. The lowest BCUT2D eigenvalue weighted by atomic mass is 9.79. The van der Waals surface area contributed by atoms with Crippen LogP contribution in [0.2, 0.25) is 0 Å². The summed E-state index contributed by atoms with van der Waals surface area (Å²) in [6.07, 6.45) is -0.986. The quantitative estimate of drug-likeness (QED) is 0.487. The van der Waals surface area contributed by atoms with Crippen LogP contribution in [0.5, 0.6) is 11.5 Å². The fourth-order valence-corrected chi connectivity index (χ4v) is 3.33. The first-order valence-corrected chi connectivity index (χ1v) is 10.4. The number of methoxy groups -OCH3 is 1. The number of aliphatic hydroxyl groups is 1. The molecule has 0 amide bonds. The minimum absolute atomic E-state index is 0.271. The summed E-state index contributed by atoms with van der Waals surface area (Å²) in [5.74, 6) is 0.808. The zero-order chi connectivity index (χ0) is 22.9. The van der Waals surface area contributed by atoms with Crippen LogP contribution in [0.15, 0.2) is 42.5 Å². The lowest BCUT2D eigenvalue weighted by Crippen LogP contribution is -2.36. The number of esters is 1. The molecule has 4 nitrogen and oxygen atoms in total. The minimum atomic E-state index is -1.13. The average Bonchev–Trinajstić information content (AvgIpc) is 2.66. The highest BCUT2D eigenvalue weighted by molar-refractivity contribution is 5.80. The third-order valence-electron chi connectivity index (χ3n) is 5.43. The standard InChI is InChI=1S/C26H36O4/c1-24(2,3)19-15-18(29-9)16-20(25(4,5)6)21(19)30-23(28)26(7,8)22(27)17-13-11-10-12-14-17/h10-16,22,27H,1-9H3/t22-/m1/s1. The molecule has 30 heavy (non-hydrogen) atoms. The van der Waals surface area contributed by atoms with Crippen molar-refractivity contribution in [2.24, 2.45) is 5.41 Å². The van der Waals surface area contributed by atoms with Gasteiger partial charge in [-0.05, 0) is 42.4 Å². The van der Waals surface area contributed by atoms with Crippen molar-refractivity contribution in [1.82, 2.24) is 0 Å². The van der Waals surface area contributed by atoms with Gasteiger partial charge in [-0.25, -0.2) is 0 Å². The zero-order valence-corrected chi connectivity index (χ0v) is 19.8. The van der Waals surface area contributed by atoms with E-state index in [0.29, 0.717) is 11.3 Å². The Morgan fingerprint density at radius 3 is 1.73 bits per heavy atom. The van der Waals surface area contributed by atoms with Gasteiger partial charge >= 0.3 is 5.97 Å². The normalized spacial score (nSPS) is 13.7. The molecule has 0 saturated heterocycles. The molecule has 0 fully saturated rings. The van der Waals surface area contributed by atoms with E-state index in [-0.39, 0.29) is 10.8 Å². The van der Waals surface area contributed by atoms with Crippen molar-refractivity contribution in [3.8, 4) is 11.5 Å². The van der Waals surface area contributed by atoms with Gasteiger partial charge in [-0.2, -0.15) is 0 Å². The van der Waals surface area contributed by atoms with Gasteiger partial charge in [-0.15, -0.1) is 0 Å². The first kappa shape index (κ1) is 23.9. The molecular weight excluding hydrogens is 376 g/mol. The number of aliphatic hydroxyl groups excluding tert-OH is 1. The number of rotatable bonds is 5. The van der Waals surface area contributed by atoms with E-state index in [0.717, 1.165) is 16.9 Å². The van der Waals surface area contributed by atoms with Crippen LogP contribution in [0.1, 0.15) is 78.2 Å². The minimum Gasteiger partial charge on any atom is -0.497 e. The maximum absolute atomic E-state index is 13.3. The third kappa shape index (κ3) is 5.04. The number of ether oxygens (including phenoxy) is 2. The number of carbonyl (C=O) groups is 1. The highest BCUT2D eigenvalue weighted by atomic mass is 16.5. The van der Waals surface area contributed by atoms with E-state index in [4.69, 9.17) is 9.47 Å². The lowest BCUT2D eigenvalue weighted by molar-refractivity contribution is -0.151. The van der Waals surface area contributed by atoms with E-state index in [1.54, 1.807) is 21.0 Å². The van der Waals surface area contributed by atoms with Crippen LogP contribution in [0, 0.1) is 5.41 Å². The van der Waals surface area contributed by atoms with Gasteiger partial charge in [0.25, 0.3) is 0 Å². The number of hydrogen-bond acceptors (Lipinski definition) is 4. The largest absolute Gasteiger partial charge is 0.497 e. The fraction of sp³-hybridized carbons (Fsp3) is 0.500. The Labute approximate surface area is 181 Å². The highest BCUT2D eigenvalue weighted by Gasteiger charge is 2.40. The van der Waals surface area contributed by atoms with Crippen molar-refractivity contribution in [2.45, 2.75) is 72.3 Å². The van der Waals surface area contributed by atoms with Gasteiger partial charge in [0, 0.05) is 11.1 Å². The van der Waals surface area contributed by atoms with Crippen molar-refractivity contribution < 1.29 is 19.4 Å². The smallest absolute Gasteiger partial charge is 0.319 e. The van der Waals surface area contributed by atoms with Crippen LogP contribution in [0.4, 0.5) is 0 Å². The zero-order valence-electron chi connectivity index (χ0n) is 19.8.